The van der Waals surface area contributed by atoms with E-state index in [-0.39, 0.29) is 6.04 Å². The summed E-state index contributed by atoms with van der Waals surface area (Å²) < 4.78 is 5.27. The van der Waals surface area contributed by atoms with Gasteiger partial charge in [0.2, 0.25) is 0 Å². The van der Waals surface area contributed by atoms with E-state index in [4.69, 9.17) is 16.6 Å². The second-order valence-electron chi connectivity index (χ2n) is 3.63. The van der Waals surface area contributed by atoms with Crippen molar-refractivity contribution in [2.24, 2.45) is 0 Å². The Kier molecular flexibility index (Phi) is 2.72. The number of furan rings is 1. The van der Waals surface area contributed by atoms with Crippen LogP contribution in [0.15, 0.2) is 22.8 Å². The van der Waals surface area contributed by atoms with Crippen LogP contribution < -0.4 is 10.6 Å². The summed E-state index contributed by atoms with van der Waals surface area (Å²) in [5.74, 6) is 0.907. The van der Waals surface area contributed by atoms with Crippen molar-refractivity contribution in [2.75, 3.05) is 0 Å². The predicted molar refractivity (Wildman–Crippen MR) is 59.0 cm³/mol. The maximum Gasteiger partial charge on any atom is 0.167 e. The first-order valence-electron chi connectivity index (χ1n) is 4.86. The molecule has 2 N–H and O–H groups in total. The molecule has 4 heteroatoms. The van der Waals surface area contributed by atoms with Crippen molar-refractivity contribution in [1.29, 1.82) is 0 Å². The Balaban J connectivity index is 1.81. The molecule has 0 amide bonds. The van der Waals surface area contributed by atoms with Crippen molar-refractivity contribution in [2.45, 2.75) is 31.8 Å². The Morgan fingerprint density at radius 2 is 2.43 bits per heavy atom. The molecule has 0 aromatic carbocycles. The number of rotatable bonds is 3. The molecule has 1 aromatic rings. The van der Waals surface area contributed by atoms with Crippen molar-refractivity contribution in [3.05, 3.63) is 24.2 Å². The quantitative estimate of drug-likeness (QED) is 0.748. The highest BCUT2D eigenvalue weighted by Gasteiger charge is 2.22. The van der Waals surface area contributed by atoms with Crippen molar-refractivity contribution in [1.82, 2.24) is 10.6 Å². The first-order chi connectivity index (χ1) is 6.75. The molecule has 1 fully saturated rings. The fourth-order valence-electron chi connectivity index (χ4n) is 1.26. The summed E-state index contributed by atoms with van der Waals surface area (Å²) >= 11 is 5.16. The molecule has 14 heavy (non-hydrogen) atoms. The minimum absolute atomic E-state index is 0.128. The third-order valence-electron chi connectivity index (χ3n) is 2.23. The highest BCUT2D eigenvalue weighted by molar-refractivity contribution is 7.80. The SMILES string of the molecule is CC(NC(=S)NC1CC1)c1ccco1. The van der Waals surface area contributed by atoms with Gasteiger partial charge in [0, 0.05) is 6.04 Å². The van der Waals surface area contributed by atoms with Crippen LogP contribution in [0.25, 0.3) is 0 Å². The van der Waals surface area contributed by atoms with Gasteiger partial charge in [-0.3, -0.25) is 0 Å². The number of hydrogen-bond donors (Lipinski definition) is 2. The van der Waals surface area contributed by atoms with E-state index in [1.54, 1.807) is 6.26 Å². The summed E-state index contributed by atoms with van der Waals surface area (Å²) in [4.78, 5) is 0. The third-order valence-corrected chi connectivity index (χ3v) is 2.47. The topological polar surface area (TPSA) is 37.2 Å². The van der Waals surface area contributed by atoms with E-state index in [9.17, 15) is 0 Å². The van der Waals surface area contributed by atoms with Gasteiger partial charge in [-0.1, -0.05) is 0 Å². The van der Waals surface area contributed by atoms with Crippen LogP contribution in [0.1, 0.15) is 31.6 Å². The summed E-state index contributed by atoms with van der Waals surface area (Å²) in [7, 11) is 0. The van der Waals surface area contributed by atoms with Crippen LogP contribution in [0.2, 0.25) is 0 Å². The number of hydrogen-bond acceptors (Lipinski definition) is 2. The maximum absolute atomic E-state index is 5.27. The molecule has 76 valence electrons. The van der Waals surface area contributed by atoms with Gasteiger partial charge in [-0.05, 0) is 44.1 Å². The zero-order valence-corrected chi connectivity index (χ0v) is 8.93. The highest BCUT2D eigenvalue weighted by Crippen LogP contribution is 2.19. The Labute approximate surface area is 88.9 Å². The lowest BCUT2D eigenvalue weighted by molar-refractivity contribution is 0.462. The molecule has 1 atom stereocenters. The van der Waals surface area contributed by atoms with E-state index in [0.717, 1.165) is 10.9 Å². The van der Waals surface area contributed by atoms with Crippen LogP contribution >= 0.6 is 12.2 Å². The van der Waals surface area contributed by atoms with Crippen LogP contribution in [0, 0.1) is 0 Å². The Morgan fingerprint density at radius 3 is 3.00 bits per heavy atom. The van der Waals surface area contributed by atoms with E-state index in [1.807, 2.05) is 19.1 Å². The summed E-state index contributed by atoms with van der Waals surface area (Å²) in [6, 6.07) is 4.55. The zero-order chi connectivity index (χ0) is 9.97. The third kappa shape index (κ3) is 2.48. The van der Waals surface area contributed by atoms with E-state index < -0.39 is 0 Å². The van der Waals surface area contributed by atoms with Gasteiger partial charge in [0.25, 0.3) is 0 Å². The molecule has 1 aliphatic carbocycles. The zero-order valence-electron chi connectivity index (χ0n) is 8.12. The summed E-state index contributed by atoms with van der Waals surface area (Å²) in [6.07, 6.45) is 4.14. The van der Waals surface area contributed by atoms with Crippen molar-refractivity contribution < 1.29 is 4.42 Å². The minimum atomic E-state index is 0.128. The van der Waals surface area contributed by atoms with E-state index in [0.29, 0.717) is 6.04 Å². The molecule has 1 aliphatic rings. The summed E-state index contributed by atoms with van der Waals surface area (Å²) in [5, 5.41) is 7.12. The highest BCUT2D eigenvalue weighted by atomic mass is 32.1. The molecule has 2 rings (SSSR count). The van der Waals surface area contributed by atoms with Crippen molar-refractivity contribution in [3.63, 3.8) is 0 Å². The molecule has 0 spiro atoms. The number of thiocarbonyl (C=S) groups is 1. The molecular formula is C10H14N2OS. The monoisotopic (exact) mass is 210 g/mol. The van der Waals surface area contributed by atoms with Gasteiger partial charge < -0.3 is 15.1 Å². The second kappa shape index (κ2) is 4.00. The Hall–Kier alpha value is -1.03. The van der Waals surface area contributed by atoms with Crippen LogP contribution in [-0.2, 0) is 0 Å². The molecule has 3 nitrogen and oxygen atoms in total. The van der Waals surface area contributed by atoms with Crippen LogP contribution in [0.5, 0.6) is 0 Å². The number of nitrogens with one attached hydrogen (secondary N) is 2. The molecule has 1 heterocycles. The molecule has 1 saturated carbocycles. The average molecular weight is 210 g/mol. The predicted octanol–water partition coefficient (Wildman–Crippen LogP) is 1.97. The fourth-order valence-corrected chi connectivity index (χ4v) is 1.60. The first kappa shape index (κ1) is 9.52. The lowest BCUT2D eigenvalue weighted by atomic mass is 10.2. The van der Waals surface area contributed by atoms with Crippen molar-refractivity contribution >= 4 is 17.3 Å². The molecule has 0 saturated heterocycles. The standard InChI is InChI=1S/C10H14N2OS/c1-7(9-3-2-6-13-9)11-10(14)12-8-4-5-8/h2-3,6-8H,4-5H2,1H3,(H2,11,12,14). The lowest BCUT2D eigenvalue weighted by Gasteiger charge is -2.14. The molecule has 0 bridgehead atoms. The van der Waals surface area contributed by atoms with Crippen LogP contribution in [0.4, 0.5) is 0 Å². The maximum atomic E-state index is 5.27. The van der Waals surface area contributed by atoms with Crippen LogP contribution in [-0.4, -0.2) is 11.2 Å². The lowest BCUT2D eigenvalue weighted by Crippen LogP contribution is -2.37. The van der Waals surface area contributed by atoms with Gasteiger partial charge in [0.05, 0.1) is 12.3 Å². The van der Waals surface area contributed by atoms with Gasteiger partial charge in [0.15, 0.2) is 5.11 Å². The van der Waals surface area contributed by atoms with E-state index in [2.05, 4.69) is 10.6 Å². The smallest absolute Gasteiger partial charge is 0.167 e. The molecule has 1 aromatic heterocycles. The summed E-state index contributed by atoms with van der Waals surface area (Å²) in [6.45, 7) is 2.03. The molecule has 0 aliphatic heterocycles. The normalized spacial score (nSPS) is 17.5. The fraction of sp³-hybridized carbons (Fsp3) is 0.500. The second-order valence-corrected chi connectivity index (χ2v) is 4.04. The summed E-state index contributed by atoms with van der Waals surface area (Å²) in [5.41, 5.74) is 0. The van der Waals surface area contributed by atoms with Gasteiger partial charge in [-0.15, -0.1) is 0 Å². The largest absolute Gasteiger partial charge is 0.467 e. The van der Waals surface area contributed by atoms with E-state index in [1.165, 1.54) is 12.8 Å². The average Bonchev–Trinajstić information content (AvgIpc) is 2.80. The van der Waals surface area contributed by atoms with Crippen LogP contribution in [0.3, 0.4) is 0 Å². The first-order valence-corrected chi connectivity index (χ1v) is 5.27. The molecule has 0 radical (unpaired) electrons. The Bertz CT molecular complexity index is 306. The van der Waals surface area contributed by atoms with E-state index >= 15 is 0 Å². The van der Waals surface area contributed by atoms with Gasteiger partial charge in [-0.25, -0.2) is 0 Å². The van der Waals surface area contributed by atoms with Gasteiger partial charge >= 0.3 is 0 Å². The minimum Gasteiger partial charge on any atom is -0.467 e. The van der Waals surface area contributed by atoms with Gasteiger partial charge in [-0.2, -0.15) is 0 Å². The Morgan fingerprint density at radius 1 is 1.64 bits per heavy atom. The molecule has 1 unspecified atom stereocenters. The molecular weight excluding hydrogens is 196 g/mol. The van der Waals surface area contributed by atoms with Crippen molar-refractivity contribution in [3.8, 4) is 0 Å². The van der Waals surface area contributed by atoms with Gasteiger partial charge in [0.1, 0.15) is 5.76 Å².